The van der Waals surface area contributed by atoms with Crippen LogP contribution in [0.5, 0.6) is 0 Å². The summed E-state index contributed by atoms with van der Waals surface area (Å²) in [5.41, 5.74) is 9.25. The van der Waals surface area contributed by atoms with Crippen molar-refractivity contribution < 1.29 is 13.2 Å². The first-order valence-electron chi connectivity index (χ1n) is 11.1. The molecule has 0 radical (unpaired) electrons. The van der Waals surface area contributed by atoms with Gasteiger partial charge in [0.05, 0.1) is 41.7 Å². The van der Waals surface area contributed by atoms with E-state index < -0.39 is 17.8 Å². The molecule has 0 aliphatic rings. The molecule has 3 heterocycles. The number of fused-ring (bicyclic) bond motifs is 1. The van der Waals surface area contributed by atoms with Crippen LogP contribution in [0.25, 0.3) is 22.3 Å². The lowest BCUT2D eigenvalue weighted by molar-refractivity contribution is -0.137. The van der Waals surface area contributed by atoms with Gasteiger partial charge in [-0.15, -0.1) is 0 Å². The number of nitrogens with two attached hydrogens (primary N) is 1. The second kappa shape index (κ2) is 9.58. The van der Waals surface area contributed by atoms with Crippen molar-refractivity contribution in [3.8, 4) is 17.3 Å². The lowest BCUT2D eigenvalue weighted by Crippen LogP contribution is -2.15. The molecule has 0 spiro atoms. The van der Waals surface area contributed by atoms with Gasteiger partial charge in [-0.05, 0) is 42.0 Å². The second-order valence-electron chi connectivity index (χ2n) is 8.22. The summed E-state index contributed by atoms with van der Waals surface area (Å²) in [6.45, 7) is 0. The van der Waals surface area contributed by atoms with Crippen molar-refractivity contribution in [1.82, 2.24) is 24.7 Å². The second-order valence-corrected chi connectivity index (χ2v) is 8.22. The minimum absolute atomic E-state index is 0.134. The van der Waals surface area contributed by atoms with Crippen molar-refractivity contribution in [3.05, 3.63) is 96.2 Å². The van der Waals surface area contributed by atoms with Gasteiger partial charge >= 0.3 is 6.18 Å². The Morgan fingerprint density at radius 1 is 1.14 bits per heavy atom. The molecule has 0 saturated heterocycles. The Hall–Kier alpha value is -4.98. The number of alkyl halides is 3. The molecule has 11 heteroatoms. The maximum atomic E-state index is 12.8. The Bertz CT molecular complexity index is 1620. The molecule has 5 aromatic rings. The van der Waals surface area contributed by atoms with Crippen molar-refractivity contribution >= 4 is 22.6 Å². The van der Waals surface area contributed by atoms with E-state index in [9.17, 15) is 18.4 Å². The summed E-state index contributed by atoms with van der Waals surface area (Å²) in [7, 11) is 0. The SMILES string of the molecule is N#CCC(c1cccc(C(N)=Nc2ccc(C(F)(F)F)cc2)c1)n1cc(-c2ncnc3[nH]ccc23)cn1. The number of hydrogen-bond donors (Lipinski definition) is 2. The first-order chi connectivity index (χ1) is 17.8. The minimum Gasteiger partial charge on any atom is -0.383 e. The maximum Gasteiger partial charge on any atom is 0.416 e. The molecule has 1 unspecified atom stereocenters. The maximum absolute atomic E-state index is 12.8. The molecule has 5 rings (SSSR count). The van der Waals surface area contributed by atoms with Gasteiger partial charge in [-0.25, -0.2) is 15.0 Å². The Balaban J connectivity index is 1.44. The highest BCUT2D eigenvalue weighted by molar-refractivity contribution is 5.99. The molecule has 0 aliphatic heterocycles. The van der Waals surface area contributed by atoms with Crippen molar-refractivity contribution in [2.45, 2.75) is 18.6 Å². The number of amidine groups is 1. The van der Waals surface area contributed by atoms with Gasteiger partial charge in [0.1, 0.15) is 17.8 Å². The van der Waals surface area contributed by atoms with Crippen LogP contribution in [0.15, 0.2) is 84.5 Å². The van der Waals surface area contributed by atoms with Crippen molar-refractivity contribution in [2.75, 3.05) is 0 Å². The van der Waals surface area contributed by atoms with E-state index in [0.717, 1.165) is 34.3 Å². The van der Waals surface area contributed by atoms with Crippen LogP contribution >= 0.6 is 0 Å². The van der Waals surface area contributed by atoms with E-state index in [1.807, 2.05) is 18.3 Å². The molecular formula is C26H19F3N8. The Labute approximate surface area is 208 Å². The average Bonchev–Trinajstić information content (AvgIpc) is 3.57. The number of nitrogens with zero attached hydrogens (tertiary/aromatic N) is 6. The first kappa shape index (κ1) is 23.7. The minimum atomic E-state index is -4.43. The first-order valence-corrected chi connectivity index (χ1v) is 11.1. The van der Waals surface area contributed by atoms with Gasteiger partial charge < -0.3 is 10.7 Å². The van der Waals surface area contributed by atoms with Crippen molar-refractivity contribution in [1.29, 1.82) is 5.26 Å². The summed E-state index contributed by atoms with van der Waals surface area (Å²) in [4.78, 5) is 15.9. The highest BCUT2D eigenvalue weighted by atomic mass is 19.4. The molecule has 1 atom stereocenters. The van der Waals surface area contributed by atoms with Gasteiger partial charge in [0.25, 0.3) is 0 Å². The van der Waals surface area contributed by atoms with E-state index >= 15 is 0 Å². The fourth-order valence-electron chi connectivity index (χ4n) is 4.02. The van der Waals surface area contributed by atoms with Crippen LogP contribution in [0, 0.1) is 11.3 Å². The van der Waals surface area contributed by atoms with Gasteiger partial charge in [0, 0.05) is 28.9 Å². The van der Waals surface area contributed by atoms with Crippen LogP contribution in [-0.4, -0.2) is 30.6 Å². The number of nitrogens with one attached hydrogen (secondary N) is 1. The largest absolute Gasteiger partial charge is 0.416 e. The number of hydrogen-bond acceptors (Lipinski definition) is 5. The zero-order valence-corrected chi connectivity index (χ0v) is 19.2. The van der Waals surface area contributed by atoms with E-state index in [4.69, 9.17) is 5.73 Å². The van der Waals surface area contributed by atoms with Gasteiger partial charge in [0.15, 0.2) is 0 Å². The number of aromatic nitrogens is 5. The number of benzene rings is 2. The third-order valence-electron chi connectivity index (χ3n) is 5.84. The number of H-pyrrole nitrogens is 1. The van der Waals surface area contributed by atoms with E-state index in [0.29, 0.717) is 16.9 Å². The van der Waals surface area contributed by atoms with Crippen LogP contribution in [0.3, 0.4) is 0 Å². The van der Waals surface area contributed by atoms with Crippen LogP contribution in [0.4, 0.5) is 18.9 Å². The smallest absolute Gasteiger partial charge is 0.383 e. The van der Waals surface area contributed by atoms with E-state index in [2.05, 4.69) is 31.1 Å². The van der Waals surface area contributed by atoms with Crippen molar-refractivity contribution in [3.63, 3.8) is 0 Å². The molecule has 3 N–H and O–H groups in total. The average molecular weight is 500 g/mol. The number of rotatable bonds is 6. The summed E-state index contributed by atoms with van der Waals surface area (Å²) in [5.74, 6) is 0.134. The number of halogens is 3. The van der Waals surface area contributed by atoms with Gasteiger partial charge in [-0.3, -0.25) is 4.68 Å². The summed E-state index contributed by atoms with van der Waals surface area (Å²) >= 11 is 0. The monoisotopic (exact) mass is 500 g/mol. The molecule has 184 valence electrons. The zero-order chi connectivity index (χ0) is 26.0. The van der Waals surface area contributed by atoms with Crippen LogP contribution in [0.2, 0.25) is 0 Å². The van der Waals surface area contributed by atoms with Gasteiger partial charge in [-0.1, -0.05) is 18.2 Å². The van der Waals surface area contributed by atoms with E-state index in [1.165, 1.54) is 18.5 Å². The number of aliphatic imine (C=N–C) groups is 1. The molecule has 3 aromatic heterocycles. The predicted octanol–water partition coefficient (Wildman–Crippen LogP) is 5.38. The van der Waals surface area contributed by atoms with Crippen LogP contribution in [0.1, 0.15) is 29.2 Å². The van der Waals surface area contributed by atoms with Gasteiger partial charge in [0.2, 0.25) is 0 Å². The Kier molecular flexibility index (Phi) is 6.15. The molecular weight excluding hydrogens is 481 g/mol. The zero-order valence-electron chi connectivity index (χ0n) is 19.2. The van der Waals surface area contributed by atoms with E-state index in [-0.39, 0.29) is 12.3 Å². The van der Waals surface area contributed by atoms with Crippen molar-refractivity contribution in [2.24, 2.45) is 10.7 Å². The quantitative estimate of drug-likeness (QED) is 0.239. The normalized spacial score (nSPS) is 13.0. The summed E-state index contributed by atoms with van der Waals surface area (Å²) in [6, 6.07) is 15.3. The highest BCUT2D eigenvalue weighted by Gasteiger charge is 2.30. The molecule has 0 bridgehead atoms. The third kappa shape index (κ3) is 4.90. The molecule has 0 saturated carbocycles. The van der Waals surface area contributed by atoms with E-state index in [1.54, 1.807) is 35.3 Å². The molecule has 37 heavy (non-hydrogen) atoms. The summed E-state index contributed by atoms with van der Waals surface area (Å²) in [6.07, 6.45) is 2.48. The topological polar surface area (TPSA) is 122 Å². The third-order valence-corrected chi connectivity index (χ3v) is 5.84. The fraction of sp³-hybridized carbons (Fsp3) is 0.115. The summed E-state index contributed by atoms with van der Waals surface area (Å²) < 4.78 is 40.2. The molecule has 0 amide bonds. The van der Waals surface area contributed by atoms with Crippen LogP contribution in [-0.2, 0) is 6.18 Å². The lowest BCUT2D eigenvalue weighted by Gasteiger charge is -2.16. The number of nitriles is 1. The Morgan fingerprint density at radius 2 is 1.95 bits per heavy atom. The summed E-state index contributed by atoms with van der Waals surface area (Å²) in [5, 5.41) is 14.9. The lowest BCUT2D eigenvalue weighted by atomic mass is 10.0. The molecule has 0 aliphatic carbocycles. The highest BCUT2D eigenvalue weighted by Crippen LogP contribution is 2.31. The standard InChI is InChI=1S/C26H19F3N8/c27-26(28,29)19-4-6-20(7-5-19)36-24(31)17-3-1-2-16(12-17)22(8-10-30)37-14-18(13-35-37)23-21-9-11-32-25(21)34-15-33-23/h1-7,9,11-15,22H,8H2,(H2,31,36)(H,32,33,34). The van der Waals surface area contributed by atoms with Crippen LogP contribution < -0.4 is 5.73 Å². The molecule has 0 fully saturated rings. The predicted molar refractivity (Wildman–Crippen MR) is 132 cm³/mol. The van der Waals surface area contributed by atoms with Gasteiger partial charge in [-0.2, -0.15) is 23.5 Å². The molecule has 2 aromatic carbocycles. The fourth-order valence-corrected chi connectivity index (χ4v) is 4.02. The molecule has 8 nitrogen and oxygen atoms in total. The Morgan fingerprint density at radius 3 is 2.70 bits per heavy atom. The number of aromatic amines is 1.